The largest absolute Gasteiger partial charge is 0.491 e. The Morgan fingerprint density at radius 3 is 2.68 bits per heavy atom. The van der Waals surface area contributed by atoms with E-state index in [2.05, 4.69) is 25.5 Å². The number of ether oxygens (including phenoxy) is 2. The van der Waals surface area contributed by atoms with Crippen LogP contribution in [0.25, 0.3) is 0 Å². The molecule has 152 valence electrons. The summed E-state index contributed by atoms with van der Waals surface area (Å²) >= 11 is 6.40. The van der Waals surface area contributed by atoms with Crippen LogP contribution >= 0.6 is 11.6 Å². The highest BCUT2D eigenvalue weighted by molar-refractivity contribution is 6.32. The number of aromatic nitrogens is 2. The van der Waals surface area contributed by atoms with E-state index >= 15 is 0 Å². The molecule has 0 spiro atoms. The summed E-state index contributed by atoms with van der Waals surface area (Å²) in [5, 5.41) is 6.70. The average Bonchev–Trinajstić information content (AvgIpc) is 3.18. The van der Waals surface area contributed by atoms with Crippen molar-refractivity contribution in [2.24, 2.45) is 0 Å². The van der Waals surface area contributed by atoms with Crippen molar-refractivity contribution < 1.29 is 9.47 Å². The van der Waals surface area contributed by atoms with Crippen molar-refractivity contribution >= 4 is 29.1 Å². The van der Waals surface area contributed by atoms with Gasteiger partial charge in [0.2, 0.25) is 5.95 Å². The van der Waals surface area contributed by atoms with Crippen LogP contribution in [0.15, 0.2) is 18.2 Å². The van der Waals surface area contributed by atoms with Gasteiger partial charge < -0.3 is 25.0 Å². The van der Waals surface area contributed by atoms with Crippen LogP contribution < -0.4 is 20.1 Å². The quantitative estimate of drug-likeness (QED) is 0.608. The first-order valence-electron chi connectivity index (χ1n) is 9.62. The van der Waals surface area contributed by atoms with Crippen molar-refractivity contribution in [3.63, 3.8) is 0 Å². The highest BCUT2D eigenvalue weighted by Crippen LogP contribution is 2.38. The molecular weight excluding hydrogens is 378 g/mol. The normalized spacial score (nSPS) is 14.1. The zero-order chi connectivity index (χ0) is 19.9. The Bertz CT molecular complexity index is 796. The number of nitrogens with one attached hydrogen (secondary N) is 2. The minimum Gasteiger partial charge on any atom is -0.491 e. The highest BCUT2D eigenvalue weighted by atomic mass is 35.5. The molecule has 2 aromatic rings. The summed E-state index contributed by atoms with van der Waals surface area (Å²) in [6, 6.07) is 5.52. The number of hydrogen-bond acceptors (Lipinski definition) is 7. The van der Waals surface area contributed by atoms with Crippen molar-refractivity contribution in [2.45, 2.75) is 26.2 Å². The molecule has 1 aliphatic heterocycles. The van der Waals surface area contributed by atoms with E-state index in [9.17, 15) is 0 Å². The van der Waals surface area contributed by atoms with Gasteiger partial charge in [0, 0.05) is 37.1 Å². The van der Waals surface area contributed by atoms with E-state index in [-0.39, 0.29) is 0 Å². The molecule has 0 radical (unpaired) electrons. The van der Waals surface area contributed by atoms with Crippen molar-refractivity contribution in [3.05, 3.63) is 28.9 Å². The van der Waals surface area contributed by atoms with E-state index in [0.29, 0.717) is 29.1 Å². The third kappa shape index (κ3) is 5.39. The van der Waals surface area contributed by atoms with E-state index in [4.69, 9.17) is 21.1 Å². The predicted octanol–water partition coefficient (Wildman–Crippen LogP) is 4.10. The standard InChI is InChI=1S/C20H28ClN5O2/c1-14-11-18(22-2)25-20(23-14)24-15-12-16(21)19(27-3)17(13-15)28-10-6-9-26-7-4-5-8-26/h11-13H,4-10H2,1-3H3,(H2,22,23,24,25). The number of aryl methyl sites for hydroxylation is 1. The van der Waals surface area contributed by atoms with Gasteiger partial charge in [0.25, 0.3) is 0 Å². The van der Waals surface area contributed by atoms with E-state index in [1.54, 1.807) is 13.2 Å². The molecule has 0 aliphatic carbocycles. The van der Waals surface area contributed by atoms with Gasteiger partial charge in [0.05, 0.1) is 18.7 Å². The number of methoxy groups -OCH3 is 1. The number of rotatable bonds is 9. The summed E-state index contributed by atoms with van der Waals surface area (Å²) in [4.78, 5) is 11.3. The van der Waals surface area contributed by atoms with Crippen LogP contribution in [0.3, 0.4) is 0 Å². The van der Waals surface area contributed by atoms with Crippen LogP contribution in [0, 0.1) is 6.92 Å². The van der Waals surface area contributed by atoms with Gasteiger partial charge in [-0.25, -0.2) is 4.98 Å². The molecule has 0 unspecified atom stereocenters. The van der Waals surface area contributed by atoms with Gasteiger partial charge in [0.1, 0.15) is 5.82 Å². The van der Waals surface area contributed by atoms with Crippen LogP contribution in [0.1, 0.15) is 25.0 Å². The third-order valence-corrected chi connectivity index (χ3v) is 4.94. The first kappa shape index (κ1) is 20.5. The van der Waals surface area contributed by atoms with Crippen molar-refractivity contribution in [1.82, 2.24) is 14.9 Å². The number of halogens is 1. The molecule has 1 fully saturated rings. The number of anilines is 3. The maximum absolute atomic E-state index is 6.40. The summed E-state index contributed by atoms with van der Waals surface area (Å²) in [6.07, 6.45) is 3.56. The van der Waals surface area contributed by atoms with Gasteiger partial charge in [-0.1, -0.05) is 11.6 Å². The lowest BCUT2D eigenvalue weighted by Gasteiger charge is -2.17. The van der Waals surface area contributed by atoms with Crippen LogP contribution in [-0.2, 0) is 0 Å². The fourth-order valence-electron chi connectivity index (χ4n) is 3.30. The SMILES string of the molecule is CNc1cc(C)nc(Nc2cc(Cl)c(OC)c(OCCCN3CCCC3)c2)n1. The lowest BCUT2D eigenvalue weighted by Crippen LogP contribution is -2.21. The Morgan fingerprint density at radius 1 is 1.18 bits per heavy atom. The Morgan fingerprint density at radius 2 is 1.96 bits per heavy atom. The van der Waals surface area contributed by atoms with Gasteiger partial charge in [-0.05, 0) is 45.3 Å². The van der Waals surface area contributed by atoms with Crippen molar-refractivity contribution in [1.29, 1.82) is 0 Å². The summed E-state index contributed by atoms with van der Waals surface area (Å²) in [5.41, 5.74) is 1.60. The molecule has 1 aromatic heterocycles. The fraction of sp³-hybridized carbons (Fsp3) is 0.500. The van der Waals surface area contributed by atoms with Gasteiger partial charge in [-0.15, -0.1) is 0 Å². The van der Waals surface area contributed by atoms with Crippen LogP contribution in [0.4, 0.5) is 17.5 Å². The smallest absolute Gasteiger partial charge is 0.229 e. The van der Waals surface area contributed by atoms with Gasteiger partial charge >= 0.3 is 0 Å². The molecule has 28 heavy (non-hydrogen) atoms. The van der Waals surface area contributed by atoms with Gasteiger partial charge in [-0.2, -0.15) is 4.98 Å². The molecule has 1 aromatic carbocycles. The molecule has 1 saturated heterocycles. The molecule has 3 rings (SSSR count). The Kier molecular flexibility index (Phi) is 7.17. The molecule has 2 heterocycles. The van der Waals surface area contributed by atoms with Gasteiger partial charge in [0.15, 0.2) is 11.5 Å². The molecule has 8 heteroatoms. The van der Waals surface area contributed by atoms with E-state index in [0.717, 1.165) is 30.2 Å². The average molecular weight is 406 g/mol. The second-order valence-corrected chi connectivity index (χ2v) is 7.24. The maximum Gasteiger partial charge on any atom is 0.229 e. The minimum atomic E-state index is 0.475. The lowest BCUT2D eigenvalue weighted by atomic mass is 10.2. The molecule has 0 saturated carbocycles. The van der Waals surface area contributed by atoms with E-state index in [1.807, 2.05) is 26.1 Å². The lowest BCUT2D eigenvalue weighted by molar-refractivity contribution is 0.254. The predicted molar refractivity (Wildman–Crippen MR) is 113 cm³/mol. The summed E-state index contributed by atoms with van der Waals surface area (Å²) in [6.45, 7) is 5.97. The molecule has 0 atom stereocenters. The molecule has 7 nitrogen and oxygen atoms in total. The molecule has 1 aliphatic rings. The third-order valence-electron chi connectivity index (χ3n) is 4.66. The zero-order valence-electron chi connectivity index (χ0n) is 16.7. The second kappa shape index (κ2) is 9.80. The number of likely N-dealkylation sites (tertiary alicyclic amines) is 1. The monoisotopic (exact) mass is 405 g/mol. The topological polar surface area (TPSA) is 71.5 Å². The maximum atomic E-state index is 6.40. The van der Waals surface area contributed by atoms with Gasteiger partial charge in [-0.3, -0.25) is 0 Å². The van der Waals surface area contributed by atoms with Crippen molar-refractivity contribution in [2.75, 3.05) is 51.0 Å². The molecule has 0 amide bonds. The van der Waals surface area contributed by atoms with Crippen LogP contribution in [-0.4, -0.2) is 55.3 Å². The summed E-state index contributed by atoms with van der Waals surface area (Å²) < 4.78 is 11.4. The highest BCUT2D eigenvalue weighted by Gasteiger charge is 2.14. The minimum absolute atomic E-state index is 0.475. The van der Waals surface area contributed by atoms with Crippen LogP contribution in [0.5, 0.6) is 11.5 Å². The Hall–Kier alpha value is -2.25. The number of benzene rings is 1. The molecule has 2 N–H and O–H groups in total. The Labute approximate surface area is 171 Å². The first-order chi connectivity index (χ1) is 13.6. The first-order valence-corrected chi connectivity index (χ1v) is 10.00. The van der Waals surface area contributed by atoms with Crippen LogP contribution in [0.2, 0.25) is 5.02 Å². The Balaban J connectivity index is 1.69. The summed E-state index contributed by atoms with van der Waals surface area (Å²) in [7, 11) is 3.41. The second-order valence-electron chi connectivity index (χ2n) is 6.83. The number of nitrogens with zero attached hydrogens (tertiary/aromatic N) is 3. The molecule has 0 bridgehead atoms. The number of hydrogen-bond donors (Lipinski definition) is 2. The fourth-order valence-corrected chi connectivity index (χ4v) is 3.59. The van der Waals surface area contributed by atoms with Crippen molar-refractivity contribution in [3.8, 4) is 11.5 Å². The zero-order valence-corrected chi connectivity index (χ0v) is 17.5. The van der Waals surface area contributed by atoms with E-state index in [1.165, 1.54) is 25.9 Å². The van der Waals surface area contributed by atoms with E-state index < -0.39 is 0 Å². The molecular formula is C20H28ClN5O2. The summed E-state index contributed by atoms with van der Waals surface area (Å²) in [5.74, 6) is 2.38.